The maximum Gasteiger partial charge on any atom is 0.141 e. The monoisotopic (exact) mass is 90.0 g/mol. The van der Waals surface area contributed by atoms with E-state index in [9.17, 15) is 0 Å². The molecule has 0 aliphatic carbocycles. The molecule has 2 heterocycles. The fraction of sp³-hybridized carbons (Fsp3) is 1.00. The third kappa shape index (κ3) is 9.15. The zero-order chi connectivity index (χ0) is 4.24. The number of nitrogens with one attached hydrogen (secondary N) is 2. The molecule has 0 aromatic carbocycles. The third-order valence-corrected chi connectivity index (χ3v) is 0.289. The molecule has 4 nitrogen and oxygen atoms in total. The largest absolute Gasteiger partial charge is 0.282 e. The van der Waals surface area contributed by atoms with Gasteiger partial charge in [0.1, 0.15) is 13.5 Å². The summed E-state index contributed by atoms with van der Waals surface area (Å²) in [4.78, 5) is 8.50. The zero-order valence-corrected chi connectivity index (χ0v) is 3.23. The Morgan fingerprint density at radius 1 is 1.00 bits per heavy atom. The molecule has 2 fully saturated rings. The van der Waals surface area contributed by atoms with Crippen LogP contribution in [0.25, 0.3) is 0 Å². The summed E-state index contributed by atoms with van der Waals surface area (Å²) in [6, 6.07) is 0. The lowest BCUT2D eigenvalue weighted by Crippen LogP contribution is -1.54. The average Bonchev–Trinajstić information content (AvgIpc) is 2.31. The van der Waals surface area contributed by atoms with Gasteiger partial charge in [0.2, 0.25) is 0 Å². The van der Waals surface area contributed by atoms with Crippen molar-refractivity contribution in [1.82, 2.24) is 11.0 Å². The number of rotatable bonds is 0. The Morgan fingerprint density at radius 3 is 1.17 bits per heavy atom. The standard InChI is InChI=1S/2CH3NO/c2*1-2-3-1/h2*2H,1H2. The fourth-order valence-electron chi connectivity index (χ4n) is 0. The van der Waals surface area contributed by atoms with Crippen LogP contribution >= 0.6 is 0 Å². The lowest BCUT2D eigenvalue weighted by atomic mass is 11.5. The number of hydrogen-bond donors (Lipinski definition) is 2. The maximum absolute atomic E-state index is 4.25. The van der Waals surface area contributed by atoms with Crippen LogP contribution in [0.4, 0.5) is 0 Å². The van der Waals surface area contributed by atoms with Crippen molar-refractivity contribution in [3.05, 3.63) is 0 Å². The second-order valence-corrected chi connectivity index (χ2v) is 0.866. The van der Waals surface area contributed by atoms with E-state index in [1.807, 2.05) is 0 Å². The van der Waals surface area contributed by atoms with Gasteiger partial charge < -0.3 is 0 Å². The number of hydrogen-bond acceptors (Lipinski definition) is 4. The fourth-order valence-corrected chi connectivity index (χ4v) is 0. The summed E-state index contributed by atoms with van der Waals surface area (Å²) in [6.07, 6.45) is 0. The molecule has 0 bridgehead atoms. The molecule has 0 aromatic heterocycles. The highest BCUT2D eigenvalue weighted by Gasteiger charge is 1.91. The minimum atomic E-state index is 0.750. The predicted octanol–water partition coefficient (Wildman–Crippen LogP) is -1.04. The molecule has 2 rings (SSSR count). The predicted molar refractivity (Wildman–Crippen MR) is 18.2 cm³/mol. The highest BCUT2D eigenvalue weighted by Crippen LogP contribution is 1.70. The van der Waals surface area contributed by atoms with Gasteiger partial charge in [-0.15, -0.1) is 0 Å². The van der Waals surface area contributed by atoms with E-state index in [2.05, 4.69) is 20.6 Å². The summed E-state index contributed by atoms with van der Waals surface area (Å²) in [6.45, 7) is 1.50. The minimum absolute atomic E-state index is 0.750. The van der Waals surface area contributed by atoms with Gasteiger partial charge in [0.25, 0.3) is 0 Å². The minimum Gasteiger partial charge on any atom is -0.282 e. The van der Waals surface area contributed by atoms with Crippen LogP contribution in [0.1, 0.15) is 0 Å². The van der Waals surface area contributed by atoms with Crippen LogP contribution in [0, 0.1) is 0 Å². The molecule has 2 aliphatic heterocycles. The van der Waals surface area contributed by atoms with Gasteiger partial charge in [-0.1, -0.05) is 0 Å². The van der Waals surface area contributed by atoms with E-state index < -0.39 is 0 Å². The van der Waals surface area contributed by atoms with Crippen LogP contribution in [0.3, 0.4) is 0 Å². The Hall–Kier alpha value is -0.160. The van der Waals surface area contributed by atoms with Gasteiger partial charge in [0, 0.05) is 0 Å². The Morgan fingerprint density at radius 2 is 1.17 bits per heavy atom. The first-order valence-corrected chi connectivity index (χ1v) is 1.69. The van der Waals surface area contributed by atoms with Crippen molar-refractivity contribution < 1.29 is 9.68 Å². The quantitative estimate of drug-likeness (QED) is 0.373. The maximum atomic E-state index is 4.25. The second kappa shape index (κ2) is 2.09. The molecule has 0 spiro atoms. The van der Waals surface area contributed by atoms with Gasteiger partial charge in [0.05, 0.1) is 0 Å². The van der Waals surface area contributed by atoms with Gasteiger partial charge in [-0.2, -0.15) is 11.0 Å². The van der Waals surface area contributed by atoms with Crippen molar-refractivity contribution >= 4 is 0 Å². The second-order valence-electron chi connectivity index (χ2n) is 0.866. The molecular weight excluding hydrogens is 84.0 g/mol. The van der Waals surface area contributed by atoms with E-state index >= 15 is 0 Å². The summed E-state index contributed by atoms with van der Waals surface area (Å²) in [7, 11) is 0. The molecule has 4 heteroatoms. The van der Waals surface area contributed by atoms with Crippen LogP contribution in [-0.2, 0) is 9.68 Å². The number of hydroxylamine groups is 2. The molecular formula is C2H6N2O2. The van der Waals surface area contributed by atoms with E-state index in [1.54, 1.807) is 0 Å². The van der Waals surface area contributed by atoms with E-state index in [0.717, 1.165) is 13.5 Å². The molecule has 2 saturated heterocycles. The van der Waals surface area contributed by atoms with E-state index in [-0.39, 0.29) is 0 Å². The first-order valence-electron chi connectivity index (χ1n) is 1.69. The van der Waals surface area contributed by atoms with Gasteiger partial charge in [-0.3, -0.25) is 9.68 Å². The van der Waals surface area contributed by atoms with Gasteiger partial charge in [-0.05, 0) is 0 Å². The molecule has 2 aliphatic rings. The van der Waals surface area contributed by atoms with Crippen LogP contribution in [0.5, 0.6) is 0 Å². The summed E-state index contributed by atoms with van der Waals surface area (Å²) >= 11 is 0. The SMILES string of the molecule is C1NO1.C1NO1. The van der Waals surface area contributed by atoms with Gasteiger partial charge >= 0.3 is 0 Å². The van der Waals surface area contributed by atoms with Crippen molar-refractivity contribution in [2.75, 3.05) is 13.5 Å². The summed E-state index contributed by atoms with van der Waals surface area (Å²) < 4.78 is 0. The van der Waals surface area contributed by atoms with Crippen molar-refractivity contribution in [2.24, 2.45) is 0 Å². The Labute approximate surface area is 35.3 Å². The first kappa shape index (κ1) is 4.01. The molecule has 0 amide bonds. The van der Waals surface area contributed by atoms with Crippen molar-refractivity contribution in [3.8, 4) is 0 Å². The van der Waals surface area contributed by atoms with E-state index in [4.69, 9.17) is 0 Å². The molecule has 0 unspecified atom stereocenters. The zero-order valence-electron chi connectivity index (χ0n) is 3.23. The van der Waals surface area contributed by atoms with Crippen molar-refractivity contribution in [1.29, 1.82) is 0 Å². The summed E-state index contributed by atoms with van der Waals surface area (Å²) in [5.41, 5.74) is 5.00. The van der Waals surface area contributed by atoms with E-state index in [1.165, 1.54) is 0 Å². The third-order valence-electron chi connectivity index (χ3n) is 0.289. The molecule has 6 heavy (non-hydrogen) atoms. The van der Waals surface area contributed by atoms with Crippen LogP contribution in [0.15, 0.2) is 0 Å². The molecule has 0 aromatic rings. The van der Waals surface area contributed by atoms with Gasteiger partial charge in [-0.25, -0.2) is 0 Å². The molecule has 36 valence electrons. The Kier molecular flexibility index (Phi) is 1.40. The van der Waals surface area contributed by atoms with Crippen molar-refractivity contribution in [2.45, 2.75) is 0 Å². The molecule has 2 N–H and O–H groups in total. The molecule has 0 saturated carbocycles. The average molecular weight is 90.1 g/mol. The highest BCUT2D eigenvalue weighted by atomic mass is 16.8. The van der Waals surface area contributed by atoms with Crippen molar-refractivity contribution in [3.63, 3.8) is 0 Å². The Balaban J connectivity index is 0.0000000600. The van der Waals surface area contributed by atoms with Crippen LogP contribution in [-0.4, -0.2) is 13.5 Å². The van der Waals surface area contributed by atoms with E-state index in [0.29, 0.717) is 0 Å². The topological polar surface area (TPSA) is 68.9 Å². The summed E-state index contributed by atoms with van der Waals surface area (Å²) in [5, 5.41) is 0. The molecule has 0 atom stereocenters. The van der Waals surface area contributed by atoms with Crippen LogP contribution in [0.2, 0.25) is 0 Å². The van der Waals surface area contributed by atoms with Crippen LogP contribution < -0.4 is 11.0 Å². The summed E-state index contributed by atoms with van der Waals surface area (Å²) in [5.74, 6) is 0. The highest BCUT2D eigenvalue weighted by molar-refractivity contribution is 4.15. The lowest BCUT2D eigenvalue weighted by Gasteiger charge is -1.23. The van der Waals surface area contributed by atoms with Gasteiger partial charge in [0.15, 0.2) is 0 Å². The normalized spacial score (nSPS) is 24.0. The first-order chi connectivity index (χ1) is 3.00. The Bertz CT molecular complexity index is 25.0. The smallest absolute Gasteiger partial charge is 0.141 e. The lowest BCUT2D eigenvalue weighted by molar-refractivity contribution is 0.412. The molecule has 0 radical (unpaired) electrons.